The van der Waals surface area contributed by atoms with Crippen LogP contribution in [-0.4, -0.2) is 29.7 Å². The second-order valence-corrected chi connectivity index (χ2v) is 9.14. The summed E-state index contributed by atoms with van der Waals surface area (Å²) < 4.78 is 23.6. The van der Waals surface area contributed by atoms with E-state index in [1.54, 1.807) is 0 Å². The monoisotopic (exact) mass is 281 g/mol. The van der Waals surface area contributed by atoms with Crippen LogP contribution in [0.5, 0.6) is 0 Å². The minimum atomic E-state index is -2.95. The number of allylic oxidation sites excluding steroid dienone is 1. The first-order valence-electron chi connectivity index (χ1n) is 5.95. The molecule has 0 aliphatic heterocycles. The summed E-state index contributed by atoms with van der Waals surface area (Å²) in [4.78, 5) is 0. The van der Waals surface area contributed by atoms with E-state index in [4.69, 9.17) is 9.05 Å². The third-order valence-corrected chi connectivity index (χ3v) is 7.01. The summed E-state index contributed by atoms with van der Waals surface area (Å²) in [6, 6.07) is 0. The number of hydrogen-bond acceptors (Lipinski definition) is 3. The maximum absolute atomic E-state index is 12.5. The van der Waals surface area contributed by atoms with Crippen molar-refractivity contribution >= 4 is 18.5 Å². The molecule has 0 aliphatic rings. The molecule has 0 aromatic heterocycles. The van der Waals surface area contributed by atoms with Gasteiger partial charge in [-0.2, -0.15) is 0 Å². The summed E-state index contributed by atoms with van der Waals surface area (Å²) in [6.45, 7) is 9.53. The van der Waals surface area contributed by atoms with Crippen molar-refractivity contribution in [3.63, 3.8) is 0 Å². The molecule has 0 aromatic carbocycles. The van der Waals surface area contributed by atoms with Crippen molar-refractivity contribution in [3.8, 4) is 0 Å². The summed E-state index contributed by atoms with van der Waals surface area (Å²) >= 11 is 0. The molecule has 0 saturated heterocycles. The number of rotatable bonds is 8. The van der Waals surface area contributed by atoms with Crippen molar-refractivity contribution in [1.29, 1.82) is 0 Å². The Balaban J connectivity index is 4.52. The molecule has 17 heavy (non-hydrogen) atoms. The quantitative estimate of drug-likeness (QED) is 0.385. The third-order valence-electron chi connectivity index (χ3n) is 1.74. The van der Waals surface area contributed by atoms with Crippen LogP contribution in [0.4, 0.5) is 0 Å². The minimum absolute atomic E-state index is 0.0279. The lowest BCUT2D eigenvalue weighted by molar-refractivity contribution is 0.145. The Morgan fingerprint density at radius 2 is 1.65 bits per heavy atom. The summed E-state index contributed by atoms with van der Waals surface area (Å²) in [5, 5.41) is 0. The highest BCUT2D eigenvalue weighted by atomic mass is 32.2. The molecule has 0 bridgehead atoms. The van der Waals surface area contributed by atoms with Crippen LogP contribution in [0.3, 0.4) is 0 Å². The molecule has 0 N–H and O–H groups in total. The fourth-order valence-corrected chi connectivity index (χ4v) is 6.23. The van der Waals surface area contributed by atoms with Gasteiger partial charge in [0.15, 0.2) is 0 Å². The van der Waals surface area contributed by atoms with Crippen molar-refractivity contribution in [2.45, 2.75) is 46.8 Å². The van der Waals surface area contributed by atoms with E-state index >= 15 is 0 Å². The maximum Gasteiger partial charge on any atom is 0.379 e. The van der Waals surface area contributed by atoms with Gasteiger partial charge in [-0.1, -0.05) is 6.08 Å². The lowest BCUT2D eigenvalue weighted by Crippen LogP contribution is -2.16. The highest BCUT2D eigenvalue weighted by Crippen LogP contribution is 2.51. The maximum atomic E-state index is 12.5. The average Bonchev–Trinajstić information content (AvgIpc) is 2.10. The molecule has 0 amide bonds. The fraction of sp³-hybridized carbons (Fsp3) is 0.833. The van der Waals surface area contributed by atoms with E-state index < -0.39 is 7.60 Å². The first kappa shape index (κ1) is 17.2. The van der Waals surface area contributed by atoms with Crippen molar-refractivity contribution in [3.05, 3.63) is 12.2 Å². The molecular formula is C12H26O3PS+. The molecule has 1 unspecified atom stereocenters. The van der Waals surface area contributed by atoms with E-state index in [0.717, 1.165) is 5.75 Å². The lowest BCUT2D eigenvalue weighted by Gasteiger charge is -2.21. The Morgan fingerprint density at radius 3 is 2.00 bits per heavy atom. The molecule has 0 aromatic rings. The van der Waals surface area contributed by atoms with Crippen LogP contribution >= 0.6 is 7.60 Å². The highest BCUT2D eigenvalue weighted by molar-refractivity contribution is 8.01. The van der Waals surface area contributed by atoms with Gasteiger partial charge in [-0.3, -0.25) is 4.57 Å². The first-order valence-corrected chi connectivity index (χ1v) is 9.65. The first-order chi connectivity index (χ1) is 7.79. The minimum Gasteiger partial charge on any atom is -0.303 e. The van der Waals surface area contributed by atoms with Crippen LogP contribution in [0.25, 0.3) is 0 Å². The molecule has 0 fully saturated rings. The second-order valence-electron chi connectivity index (χ2n) is 4.57. The van der Waals surface area contributed by atoms with Crippen LogP contribution in [0.15, 0.2) is 12.2 Å². The Bertz CT molecular complexity index is 263. The largest absolute Gasteiger partial charge is 0.379 e. The third kappa shape index (κ3) is 8.90. The molecular weight excluding hydrogens is 255 g/mol. The predicted octanol–water partition coefficient (Wildman–Crippen LogP) is 3.81. The van der Waals surface area contributed by atoms with Gasteiger partial charge in [-0.15, -0.1) is 0 Å². The van der Waals surface area contributed by atoms with Crippen LogP contribution in [-0.2, 0) is 24.5 Å². The van der Waals surface area contributed by atoms with Crippen LogP contribution in [0.1, 0.15) is 34.6 Å². The van der Waals surface area contributed by atoms with E-state index in [2.05, 4.69) is 12.3 Å². The van der Waals surface area contributed by atoms with Gasteiger partial charge in [0.2, 0.25) is 5.49 Å². The van der Waals surface area contributed by atoms with Gasteiger partial charge in [0.05, 0.1) is 18.5 Å². The van der Waals surface area contributed by atoms with E-state index in [-0.39, 0.29) is 23.1 Å². The Hall–Kier alpha value is 0.240. The standard InChI is InChI=1S/C12H26O3PS/c1-7-8-9-17(6)10-16(13,14-11(2)3)15-12(4)5/h7-8,11-12H,9-10H2,1-6H3/q+1/b8-7+. The van der Waals surface area contributed by atoms with Gasteiger partial charge in [-0.25, -0.2) is 0 Å². The van der Waals surface area contributed by atoms with Crippen LogP contribution < -0.4 is 0 Å². The van der Waals surface area contributed by atoms with E-state index in [1.165, 1.54) is 0 Å². The summed E-state index contributed by atoms with van der Waals surface area (Å²) in [7, 11) is -2.92. The fourth-order valence-electron chi connectivity index (χ4n) is 1.31. The zero-order chi connectivity index (χ0) is 13.5. The second kappa shape index (κ2) is 8.36. The zero-order valence-corrected chi connectivity index (χ0v) is 13.5. The van der Waals surface area contributed by atoms with Crippen LogP contribution in [0, 0.1) is 0 Å². The Labute approximate surface area is 109 Å². The van der Waals surface area contributed by atoms with Gasteiger partial charge in [0.25, 0.3) is 0 Å². The van der Waals surface area contributed by atoms with Gasteiger partial charge < -0.3 is 9.05 Å². The van der Waals surface area contributed by atoms with Gasteiger partial charge in [0.1, 0.15) is 5.75 Å². The smallest absolute Gasteiger partial charge is 0.303 e. The van der Waals surface area contributed by atoms with Gasteiger partial charge >= 0.3 is 7.60 Å². The average molecular weight is 281 g/mol. The molecule has 0 rings (SSSR count). The molecule has 3 nitrogen and oxygen atoms in total. The molecule has 0 aliphatic carbocycles. The molecule has 0 heterocycles. The van der Waals surface area contributed by atoms with Crippen molar-refractivity contribution in [1.82, 2.24) is 0 Å². The van der Waals surface area contributed by atoms with Crippen molar-refractivity contribution in [2.75, 3.05) is 17.5 Å². The topological polar surface area (TPSA) is 35.5 Å². The van der Waals surface area contributed by atoms with E-state index in [9.17, 15) is 4.57 Å². The normalized spacial score (nSPS) is 15.1. The van der Waals surface area contributed by atoms with Crippen molar-refractivity contribution < 1.29 is 13.6 Å². The highest BCUT2D eigenvalue weighted by Gasteiger charge is 2.34. The van der Waals surface area contributed by atoms with E-state index in [1.807, 2.05) is 40.7 Å². The molecule has 102 valence electrons. The SMILES string of the molecule is C/C=C/C[S+](C)CP(=O)(OC(C)C)OC(C)C. The van der Waals surface area contributed by atoms with E-state index in [0.29, 0.717) is 5.49 Å². The van der Waals surface area contributed by atoms with Crippen LogP contribution in [0.2, 0.25) is 0 Å². The summed E-state index contributed by atoms with van der Waals surface area (Å²) in [6.07, 6.45) is 6.07. The zero-order valence-electron chi connectivity index (χ0n) is 11.8. The number of hydrogen-bond donors (Lipinski definition) is 0. The van der Waals surface area contributed by atoms with Crippen molar-refractivity contribution in [2.24, 2.45) is 0 Å². The Morgan fingerprint density at radius 1 is 1.18 bits per heavy atom. The molecule has 0 radical (unpaired) electrons. The molecule has 5 heteroatoms. The molecule has 0 spiro atoms. The van der Waals surface area contributed by atoms with Gasteiger partial charge in [-0.05, 0) is 40.7 Å². The predicted molar refractivity (Wildman–Crippen MR) is 77.9 cm³/mol. The summed E-state index contributed by atoms with van der Waals surface area (Å²) in [5.74, 6) is 0.934. The van der Waals surface area contributed by atoms with Gasteiger partial charge in [0, 0.05) is 10.9 Å². The molecule has 1 atom stereocenters. The lowest BCUT2D eigenvalue weighted by atomic mass is 10.5. The molecule has 0 saturated carbocycles. The Kier molecular flexibility index (Phi) is 8.48. The summed E-state index contributed by atoms with van der Waals surface area (Å²) in [5.41, 5.74) is 0.508.